The maximum absolute atomic E-state index is 13.2. The van der Waals surface area contributed by atoms with Gasteiger partial charge in [0.25, 0.3) is 0 Å². The lowest BCUT2D eigenvalue weighted by molar-refractivity contribution is -0.134. The Hall–Kier alpha value is -0.920. The molecule has 3 rings (SSSR count). The van der Waals surface area contributed by atoms with Crippen molar-refractivity contribution >= 4 is 17.6 Å². The summed E-state index contributed by atoms with van der Waals surface area (Å²) in [5.74, 6) is 0. The van der Waals surface area contributed by atoms with E-state index >= 15 is 0 Å². The molecule has 1 N–H and O–H groups in total. The van der Waals surface area contributed by atoms with Crippen molar-refractivity contribution in [2.75, 3.05) is 13.2 Å². The zero-order valence-electron chi connectivity index (χ0n) is 11.5. The lowest BCUT2D eigenvalue weighted by Crippen LogP contribution is -2.48. The molecule has 0 saturated carbocycles. The highest BCUT2D eigenvalue weighted by molar-refractivity contribution is 7.12. The summed E-state index contributed by atoms with van der Waals surface area (Å²) in [6.07, 6.45) is -2.49. The second-order valence-electron chi connectivity index (χ2n) is 5.67. The number of ether oxygens (including phenoxy) is 1. The van der Waals surface area contributed by atoms with E-state index in [-0.39, 0.29) is 11.6 Å². The minimum Gasteiger partial charge on any atom is -0.369 e. The van der Waals surface area contributed by atoms with E-state index in [4.69, 9.17) is 4.74 Å². The highest BCUT2D eigenvalue weighted by Crippen LogP contribution is 2.50. The molecule has 0 aromatic carbocycles. The minimum atomic E-state index is -4.49. The molecule has 0 radical (unpaired) electrons. The second-order valence-corrected chi connectivity index (χ2v) is 6.69. The first-order valence-corrected chi connectivity index (χ1v) is 7.75. The number of hydrogen-bond acceptors (Lipinski definition) is 4. The minimum absolute atomic E-state index is 0.181. The molecule has 116 valence electrons. The van der Waals surface area contributed by atoms with Crippen LogP contribution in [0.2, 0.25) is 0 Å². The van der Waals surface area contributed by atoms with Crippen LogP contribution in [0.4, 0.5) is 13.2 Å². The number of hydrogen-bond donors (Lipinski definition) is 1. The van der Waals surface area contributed by atoms with Crippen LogP contribution in [0.15, 0.2) is 0 Å². The topological polar surface area (TPSA) is 38.3 Å². The number of carbonyl (C=O) groups excluding carboxylic acids is 1. The van der Waals surface area contributed by atoms with Gasteiger partial charge < -0.3 is 10.1 Å². The maximum Gasteiger partial charge on any atom is 0.426 e. The average Bonchev–Trinajstić information content (AvgIpc) is 2.79. The van der Waals surface area contributed by atoms with Crippen LogP contribution in [0.3, 0.4) is 0 Å². The molecular weight excluding hydrogens is 303 g/mol. The summed E-state index contributed by atoms with van der Waals surface area (Å²) in [7, 11) is 0. The molecule has 2 unspecified atom stereocenters. The Morgan fingerprint density at radius 2 is 2.24 bits per heavy atom. The molecule has 7 heteroatoms. The number of nitrogens with one attached hydrogen (secondary N) is 1. The lowest BCUT2D eigenvalue weighted by Gasteiger charge is -2.42. The standard InChI is InChI=1S/C14H16F3NO2S/c1-8-6-13(3-4-18-8)11-9(2-5-20-13)10(7-19)12(21-11)14(15,16)17/h7-8,18H,2-6H2,1H3. The van der Waals surface area contributed by atoms with Gasteiger partial charge >= 0.3 is 6.18 Å². The van der Waals surface area contributed by atoms with E-state index in [1.807, 2.05) is 6.92 Å². The summed E-state index contributed by atoms with van der Waals surface area (Å²) >= 11 is 0.692. The van der Waals surface area contributed by atoms with Crippen LogP contribution in [0.5, 0.6) is 0 Å². The number of alkyl halides is 3. The summed E-state index contributed by atoms with van der Waals surface area (Å²) in [5, 5.41) is 3.28. The molecule has 2 aliphatic rings. The number of halogens is 3. The molecule has 2 atom stereocenters. The van der Waals surface area contributed by atoms with Crippen LogP contribution in [-0.2, 0) is 22.9 Å². The van der Waals surface area contributed by atoms with E-state index in [0.717, 1.165) is 0 Å². The molecule has 0 aliphatic carbocycles. The highest BCUT2D eigenvalue weighted by Gasteiger charge is 2.47. The van der Waals surface area contributed by atoms with E-state index in [9.17, 15) is 18.0 Å². The first kappa shape index (κ1) is 15.0. The van der Waals surface area contributed by atoms with E-state index in [1.54, 1.807) is 0 Å². The number of thiophene rings is 1. The maximum atomic E-state index is 13.2. The van der Waals surface area contributed by atoms with Gasteiger partial charge in [-0.1, -0.05) is 0 Å². The second kappa shape index (κ2) is 5.07. The molecule has 1 aromatic rings. The van der Waals surface area contributed by atoms with Crippen molar-refractivity contribution in [3.05, 3.63) is 20.9 Å². The van der Waals surface area contributed by atoms with Crippen molar-refractivity contribution < 1.29 is 22.7 Å². The van der Waals surface area contributed by atoms with Crippen LogP contribution < -0.4 is 5.32 Å². The van der Waals surface area contributed by atoms with Crippen LogP contribution in [0, 0.1) is 0 Å². The highest BCUT2D eigenvalue weighted by atomic mass is 32.1. The fourth-order valence-corrected chi connectivity index (χ4v) is 4.74. The molecule has 3 nitrogen and oxygen atoms in total. The van der Waals surface area contributed by atoms with Crippen molar-refractivity contribution in [3.63, 3.8) is 0 Å². The number of aldehydes is 1. The van der Waals surface area contributed by atoms with Crippen molar-refractivity contribution in [1.82, 2.24) is 5.32 Å². The van der Waals surface area contributed by atoms with Crippen LogP contribution >= 0.6 is 11.3 Å². The van der Waals surface area contributed by atoms with E-state index in [2.05, 4.69) is 5.32 Å². The molecule has 3 heterocycles. The molecule has 0 amide bonds. The largest absolute Gasteiger partial charge is 0.426 e. The fraction of sp³-hybridized carbons (Fsp3) is 0.643. The molecule has 1 fully saturated rings. The predicted molar refractivity (Wildman–Crippen MR) is 72.7 cm³/mol. The van der Waals surface area contributed by atoms with Gasteiger partial charge in [0.05, 0.1) is 6.61 Å². The van der Waals surface area contributed by atoms with Crippen LogP contribution in [0.1, 0.15) is 45.4 Å². The Kier molecular flexibility index (Phi) is 3.62. The third-order valence-electron chi connectivity index (χ3n) is 4.23. The van der Waals surface area contributed by atoms with Crippen LogP contribution in [-0.4, -0.2) is 25.5 Å². The van der Waals surface area contributed by atoms with E-state index < -0.39 is 16.7 Å². The van der Waals surface area contributed by atoms with Gasteiger partial charge in [-0.05, 0) is 38.3 Å². The summed E-state index contributed by atoms with van der Waals surface area (Å²) in [4.78, 5) is 11.0. The quantitative estimate of drug-likeness (QED) is 0.808. The van der Waals surface area contributed by atoms with Crippen molar-refractivity contribution in [3.8, 4) is 0 Å². The van der Waals surface area contributed by atoms with E-state index in [0.29, 0.717) is 60.5 Å². The Morgan fingerprint density at radius 3 is 2.86 bits per heavy atom. The lowest BCUT2D eigenvalue weighted by atomic mass is 9.82. The van der Waals surface area contributed by atoms with Crippen molar-refractivity contribution in [2.45, 2.75) is 44.0 Å². The zero-order chi connectivity index (χ0) is 15.3. The summed E-state index contributed by atoms with van der Waals surface area (Å²) < 4.78 is 45.4. The monoisotopic (exact) mass is 319 g/mol. The molecule has 0 bridgehead atoms. The Bertz CT molecular complexity index is 569. The number of carbonyl (C=O) groups is 1. The number of piperidine rings is 1. The Balaban J connectivity index is 2.14. The summed E-state index contributed by atoms with van der Waals surface area (Å²) in [6, 6.07) is 0.181. The first-order valence-electron chi connectivity index (χ1n) is 6.93. The fourth-order valence-electron chi connectivity index (χ4n) is 3.37. The molecule has 2 aliphatic heterocycles. The third-order valence-corrected chi connectivity index (χ3v) is 5.70. The van der Waals surface area contributed by atoms with Gasteiger partial charge in [0.15, 0.2) is 6.29 Å². The normalized spacial score (nSPS) is 29.4. The molecule has 1 saturated heterocycles. The Labute approximate surface area is 124 Å². The molecule has 1 spiro atoms. The van der Waals surface area contributed by atoms with Crippen molar-refractivity contribution in [1.29, 1.82) is 0 Å². The van der Waals surface area contributed by atoms with Crippen molar-refractivity contribution in [2.24, 2.45) is 0 Å². The predicted octanol–water partition coefficient (Wildman–Crippen LogP) is 3.12. The SMILES string of the molecule is CC1CC2(CCN1)OCCc1c2sc(C(F)(F)F)c1C=O. The number of rotatable bonds is 1. The van der Waals surface area contributed by atoms with Gasteiger partial charge in [-0.15, -0.1) is 11.3 Å². The van der Waals surface area contributed by atoms with Gasteiger partial charge in [0.2, 0.25) is 0 Å². The summed E-state index contributed by atoms with van der Waals surface area (Å²) in [6.45, 7) is 3.07. The third kappa shape index (κ3) is 2.41. The van der Waals surface area contributed by atoms with Gasteiger partial charge in [-0.25, -0.2) is 0 Å². The molecule has 1 aromatic heterocycles. The van der Waals surface area contributed by atoms with E-state index in [1.165, 1.54) is 0 Å². The van der Waals surface area contributed by atoms with Gasteiger partial charge in [0.1, 0.15) is 10.5 Å². The van der Waals surface area contributed by atoms with Crippen LogP contribution in [0.25, 0.3) is 0 Å². The first-order chi connectivity index (χ1) is 9.87. The summed E-state index contributed by atoms with van der Waals surface area (Å²) in [5.41, 5.74) is -0.302. The van der Waals surface area contributed by atoms with Gasteiger partial charge in [-0.3, -0.25) is 4.79 Å². The zero-order valence-corrected chi connectivity index (χ0v) is 12.4. The van der Waals surface area contributed by atoms with Gasteiger partial charge in [-0.2, -0.15) is 13.2 Å². The smallest absolute Gasteiger partial charge is 0.369 e. The average molecular weight is 319 g/mol. The molecule has 21 heavy (non-hydrogen) atoms. The number of fused-ring (bicyclic) bond motifs is 2. The van der Waals surface area contributed by atoms with Gasteiger partial charge in [0, 0.05) is 16.5 Å². The Morgan fingerprint density at radius 1 is 1.48 bits per heavy atom. The molecular formula is C14H16F3NO2S.